The van der Waals surface area contributed by atoms with Gasteiger partial charge in [-0.1, -0.05) is 0 Å². The Hall–Kier alpha value is -1.11. The van der Waals surface area contributed by atoms with Crippen molar-refractivity contribution in [2.24, 2.45) is 0 Å². The molecule has 0 spiro atoms. The minimum absolute atomic E-state index is 0.00162. The second kappa shape index (κ2) is 6.17. The van der Waals surface area contributed by atoms with Crippen LogP contribution < -0.4 is 4.90 Å². The summed E-state index contributed by atoms with van der Waals surface area (Å²) < 4.78 is 7.33. The number of nitrogens with zero attached hydrogens (tertiary/aromatic N) is 3. The summed E-state index contributed by atoms with van der Waals surface area (Å²) >= 11 is 1.58. The molecule has 0 saturated heterocycles. The Bertz CT molecular complexity index is 494. The van der Waals surface area contributed by atoms with Crippen LogP contribution in [0.5, 0.6) is 0 Å². The highest BCUT2D eigenvalue weighted by atomic mass is 32.1. The van der Waals surface area contributed by atoms with E-state index in [1.165, 1.54) is 0 Å². The van der Waals surface area contributed by atoms with Gasteiger partial charge >= 0.3 is 0 Å². The number of anilines is 1. The Labute approximate surface area is 111 Å². The average molecular weight is 269 g/mol. The van der Waals surface area contributed by atoms with E-state index in [9.17, 15) is 5.11 Å². The van der Waals surface area contributed by atoms with E-state index in [1.807, 2.05) is 22.9 Å². The third-order valence-corrected chi connectivity index (χ3v) is 3.64. The lowest BCUT2D eigenvalue weighted by molar-refractivity contribution is 0.154. The van der Waals surface area contributed by atoms with Gasteiger partial charge in [-0.2, -0.15) is 0 Å². The monoisotopic (exact) mass is 269 g/mol. The predicted octanol–water partition coefficient (Wildman–Crippen LogP) is 1.75. The van der Waals surface area contributed by atoms with Gasteiger partial charge < -0.3 is 14.7 Å². The zero-order valence-corrected chi connectivity index (χ0v) is 11.6. The maximum atomic E-state index is 9.53. The molecule has 0 radical (unpaired) electrons. The summed E-state index contributed by atoms with van der Waals surface area (Å²) in [5, 5.41) is 11.5. The maximum absolute atomic E-state index is 9.53. The first-order valence-electron chi connectivity index (χ1n) is 6.19. The minimum atomic E-state index is -0.00162. The van der Waals surface area contributed by atoms with Gasteiger partial charge in [0.1, 0.15) is 0 Å². The van der Waals surface area contributed by atoms with Crippen molar-refractivity contribution in [2.45, 2.75) is 20.5 Å². The highest BCUT2D eigenvalue weighted by molar-refractivity contribution is 7.15. The topological polar surface area (TPSA) is 50.0 Å². The normalized spacial score (nSPS) is 11.3. The molecule has 2 rings (SSSR count). The molecule has 0 unspecified atom stereocenters. The summed E-state index contributed by atoms with van der Waals surface area (Å²) in [5.74, 6) is 0.867. The molecule has 0 amide bonds. The van der Waals surface area contributed by atoms with E-state index < -0.39 is 0 Å². The molecular weight excluding hydrogens is 250 g/mol. The van der Waals surface area contributed by atoms with Crippen LogP contribution in [0.25, 0.3) is 4.96 Å². The number of thiazole rings is 1. The van der Waals surface area contributed by atoms with E-state index in [-0.39, 0.29) is 6.61 Å². The van der Waals surface area contributed by atoms with Gasteiger partial charge in [-0.05, 0) is 13.8 Å². The number of hydrogen-bond acceptors (Lipinski definition) is 5. The molecule has 2 aromatic heterocycles. The molecule has 18 heavy (non-hydrogen) atoms. The summed E-state index contributed by atoms with van der Waals surface area (Å²) in [4.78, 5) is 7.65. The lowest BCUT2D eigenvalue weighted by atomic mass is 10.4. The van der Waals surface area contributed by atoms with Crippen LogP contribution in [0.3, 0.4) is 0 Å². The highest BCUT2D eigenvalue weighted by Crippen LogP contribution is 2.24. The molecule has 0 saturated carbocycles. The first-order valence-corrected chi connectivity index (χ1v) is 7.07. The van der Waals surface area contributed by atoms with Crippen molar-refractivity contribution in [3.05, 3.63) is 17.3 Å². The maximum Gasteiger partial charge on any atom is 0.195 e. The summed E-state index contributed by atoms with van der Waals surface area (Å²) in [6.45, 7) is 7.12. The lowest BCUT2D eigenvalue weighted by Crippen LogP contribution is -2.28. The molecule has 0 fully saturated rings. The molecule has 6 heteroatoms. The van der Waals surface area contributed by atoms with Crippen LogP contribution in [-0.2, 0) is 11.3 Å². The van der Waals surface area contributed by atoms with Crippen molar-refractivity contribution in [1.29, 1.82) is 0 Å². The molecule has 0 aliphatic rings. The van der Waals surface area contributed by atoms with Crippen LogP contribution in [0.2, 0.25) is 0 Å². The molecule has 2 heterocycles. The molecule has 0 aliphatic carbocycles. The highest BCUT2D eigenvalue weighted by Gasteiger charge is 2.17. The number of imidazole rings is 1. The van der Waals surface area contributed by atoms with E-state index in [0.29, 0.717) is 6.61 Å². The number of ether oxygens (including phenoxy) is 1. The smallest absolute Gasteiger partial charge is 0.195 e. The Morgan fingerprint density at radius 1 is 1.50 bits per heavy atom. The van der Waals surface area contributed by atoms with Crippen LogP contribution in [0.4, 0.5) is 5.82 Å². The Morgan fingerprint density at radius 3 is 3.00 bits per heavy atom. The molecule has 100 valence electrons. The molecule has 0 aliphatic heterocycles. The number of likely N-dealkylation sites (N-methyl/N-ethyl adjacent to an activating group) is 1. The number of aliphatic hydroxyl groups is 1. The predicted molar refractivity (Wildman–Crippen MR) is 73.4 cm³/mol. The zero-order valence-electron chi connectivity index (χ0n) is 10.8. The quantitative estimate of drug-likeness (QED) is 0.778. The second-order valence-electron chi connectivity index (χ2n) is 3.87. The molecule has 1 N–H and O–H groups in total. The van der Waals surface area contributed by atoms with Crippen molar-refractivity contribution in [1.82, 2.24) is 9.38 Å². The largest absolute Gasteiger partial charge is 0.390 e. The zero-order chi connectivity index (χ0) is 13.0. The fourth-order valence-corrected chi connectivity index (χ4v) is 2.68. The molecule has 0 bridgehead atoms. The van der Waals surface area contributed by atoms with Crippen molar-refractivity contribution in [3.63, 3.8) is 0 Å². The molecule has 2 aromatic rings. The van der Waals surface area contributed by atoms with E-state index in [4.69, 9.17) is 4.74 Å². The number of hydrogen-bond donors (Lipinski definition) is 1. The summed E-state index contributed by atoms with van der Waals surface area (Å²) in [6, 6.07) is 0. The van der Waals surface area contributed by atoms with E-state index >= 15 is 0 Å². The second-order valence-corrected chi connectivity index (χ2v) is 4.75. The third kappa shape index (κ3) is 2.50. The van der Waals surface area contributed by atoms with Crippen LogP contribution in [0, 0.1) is 0 Å². The third-order valence-electron chi connectivity index (χ3n) is 2.88. The Morgan fingerprint density at radius 2 is 2.33 bits per heavy atom. The van der Waals surface area contributed by atoms with E-state index in [2.05, 4.69) is 16.8 Å². The first-order chi connectivity index (χ1) is 8.81. The van der Waals surface area contributed by atoms with Crippen LogP contribution >= 0.6 is 11.3 Å². The molecule has 0 aromatic carbocycles. The van der Waals surface area contributed by atoms with Gasteiger partial charge in [0.15, 0.2) is 10.8 Å². The summed E-state index contributed by atoms with van der Waals surface area (Å²) in [6.07, 6.45) is 1.94. The minimum Gasteiger partial charge on any atom is -0.390 e. The van der Waals surface area contributed by atoms with Gasteiger partial charge in [-0.25, -0.2) is 4.98 Å². The number of aromatic nitrogens is 2. The van der Waals surface area contributed by atoms with Gasteiger partial charge in [0.05, 0.1) is 18.9 Å². The van der Waals surface area contributed by atoms with Gasteiger partial charge in [-0.3, -0.25) is 4.40 Å². The number of aliphatic hydroxyl groups excluding tert-OH is 1. The fourth-order valence-electron chi connectivity index (χ4n) is 1.95. The molecular formula is C12H19N3O2S. The van der Waals surface area contributed by atoms with Crippen molar-refractivity contribution in [2.75, 3.05) is 31.2 Å². The van der Waals surface area contributed by atoms with Crippen LogP contribution in [0.1, 0.15) is 19.5 Å². The Balaban J connectivity index is 2.23. The number of fused-ring (bicyclic) bond motifs is 1. The molecule has 0 atom stereocenters. The fraction of sp³-hybridized carbons (Fsp3) is 0.583. The number of rotatable bonds is 7. The standard InChI is InChI=1S/C12H19N3O2S/c1-3-14(5-7-17-4-2)11-10(9-16)15-6-8-18-12(15)13-11/h6,8,16H,3-5,7,9H2,1-2H3. The van der Waals surface area contributed by atoms with Crippen molar-refractivity contribution in [3.8, 4) is 0 Å². The average Bonchev–Trinajstić information content (AvgIpc) is 2.94. The van der Waals surface area contributed by atoms with Gasteiger partial charge in [0.25, 0.3) is 0 Å². The first kappa shape index (κ1) is 13.3. The lowest BCUT2D eigenvalue weighted by Gasteiger charge is -2.21. The van der Waals surface area contributed by atoms with Crippen molar-refractivity contribution >= 4 is 22.1 Å². The Kier molecular flexibility index (Phi) is 4.57. The summed E-state index contributed by atoms with van der Waals surface area (Å²) in [5.41, 5.74) is 0.851. The SMILES string of the molecule is CCOCCN(CC)c1nc2sccn2c1CO. The van der Waals surface area contributed by atoms with Crippen LogP contribution in [-0.4, -0.2) is 40.8 Å². The summed E-state index contributed by atoms with van der Waals surface area (Å²) in [7, 11) is 0. The van der Waals surface area contributed by atoms with E-state index in [1.54, 1.807) is 11.3 Å². The van der Waals surface area contributed by atoms with Gasteiger partial charge in [0, 0.05) is 31.3 Å². The van der Waals surface area contributed by atoms with Crippen molar-refractivity contribution < 1.29 is 9.84 Å². The van der Waals surface area contributed by atoms with Gasteiger partial charge in [-0.15, -0.1) is 11.3 Å². The molecule has 5 nitrogen and oxygen atoms in total. The van der Waals surface area contributed by atoms with E-state index in [0.717, 1.165) is 36.2 Å². The van der Waals surface area contributed by atoms with Crippen LogP contribution in [0.15, 0.2) is 11.6 Å². The van der Waals surface area contributed by atoms with Gasteiger partial charge in [0.2, 0.25) is 0 Å².